The Hall–Kier alpha value is -1.08. The summed E-state index contributed by atoms with van der Waals surface area (Å²) in [6.07, 6.45) is 5.82. The van der Waals surface area contributed by atoms with Gasteiger partial charge in [-0.2, -0.15) is 5.26 Å². The van der Waals surface area contributed by atoms with Crippen molar-refractivity contribution in [1.29, 1.82) is 5.26 Å². The number of nitrogens with one attached hydrogen (secondary N) is 1. The molecule has 0 bridgehead atoms. The molecule has 1 heterocycles. The molecule has 4 nitrogen and oxygen atoms in total. The van der Waals surface area contributed by atoms with Gasteiger partial charge in [-0.25, -0.2) is 0 Å². The quantitative estimate of drug-likeness (QED) is 0.827. The van der Waals surface area contributed by atoms with Gasteiger partial charge >= 0.3 is 0 Å². The number of hydrogen-bond donors (Lipinski definition) is 1. The molecule has 1 aliphatic carbocycles. The molecule has 0 aromatic heterocycles. The number of carbonyl (C=O) groups excluding carboxylic acids is 1. The second-order valence-electron chi connectivity index (χ2n) is 5.60. The third-order valence-electron chi connectivity index (χ3n) is 4.46. The first kappa shape index (κ1) is 13.4. The zero-order valence-electron chi connectivity index (χ0n) is 11.2. The van der Waals surface area contributed by atoms with Crippen molar-refractivity contribution in [2.24, 2.45) is 5.92 Å². The first-order valence-corrected chi connectivity index (χ1v) is 7.15. The topological polar surface area (TPSA) is 56.1 Å². The van der Waals surface area contributed by atoms with Crippen LogP contribution in [0.1, 0.15) is 45.4 Å². The molecule has 1 saturated carbocycles. The molecule has 100 valence electrons. The van der Waals surface area contributed by atoms with Crippen molar-refractivity contribution in [3.63, 3.8) is 0 Å². The third-order valence-corrected chi connectivity index (χ3v) is 4.46. The Kier molecular flexibility index (Phi) is 4.23. The van der Waals surface area contributed by atoms with Crippen LogP contribution in [0, 0.1) is 17.2 Å². The molecule has 4 heteroatoms. The van der Waals surface area contributed by atoms with Crippen LogP contribution < -0.4 is 5.32 Å². The van der Waals surface area contributed by atoms with E-state index in [2.05, 4.69) is 23.2 Å². The second-order valence-corrected chi connectivity index (χ2v) is 5.60. The number of rotatable bonds is 3. The van der Waals surface area contributed by atoms with E-state index < -0.39 is 5.54 Å². The van der Waals surface area contributed by atoms with Gasteiger partial charge in [0.05, 0.1) is 6.07 Å². The SMILES string of the molecule is CCN1CCC(C#N)(NC(=O)C2CCCC2)CC1. The molecule has 0 atom stereocenters. The van der Waals surface area contributed by atoms with Crippen molar-refractivity contribution in [3.05, 3.63) is 0 Å². The van der Waals surface area contributed by atoms with Gasteiger partial charge in [0.1, 0.15) is 5.54 Å². The van der Waals surface area contributed by atoms with E-state index in [1.165, 1.54) is 0 Å². The van der Waals surface area contributed by atoms with E-state index in [0.29, 0.717) is 0 Å². The summed E-state index contributed by atoms with van der Waals surface area (Å²) in [4.78, 5) is 14.5. The summed E-state index contributed by atoms with van der Waals surface area (Å²) in [6, 6.07) is 2.36. The summed E-state index contributed by atoms with van der Waals surface area (Å²) in [7, 11) is 0. The molecule has 0 radical (unpaired) electrons. The highest BCUT2D eigenvalue weighted by atomic mass is 16.2. The largest absolute Gasteiger partial charge is 0.337 e. The molecule has 2 aliphatic rings. The predicted molar refractivity (Wildman–Crippen MR) is 69.8 cm³/mol. The fourth-order valence-corrected chi connectivity index (χ4v) is 3.04. The summed E-state index contributed by atoms with van der Waals surface area (Å²) in [5.74, 6) is 0.262. The normalized spacial score (nSPS) is 24.7. The van der Waals surface area contributed by atoms with Gasteiger partial charge in [0.25, 0.3) is 0 Å². The zero-order chi connectivity index (χ0) is 13.0. The second kappa shape index (κ2) is 5.71. The highest BCUT2D eigenvalue weighted by Crippen LogP contribution is 2.27. The zero-order valence-corrected chi connectivity index (χ0v) is 11.2. The van der Waals surface area contributed by atoms with Crippen LogP contribution in [-0.4, -0.2) is 36.0 Å². The van der Waals surface area contributed by atoms with Crippen molar-refractivity contribution in [1.82, 2.24) is 10.2 Å². The fraction of sp³-hybridized carbons (Fsp3) is 0.857. The average Bonchev–Trinajstić information content (AvgIpc) is 2.93. The van der Waals surface area contributed by atoms with Gasteiger partial charge in [-0.05, 0) is 32.2 Å². The Morgan fingerprint density at radius 1 is 1.39 bits per heavy atom. The van der Waals surface area contributed by atoms with Crippen LogP contribution in [0.2, 0.25) is 0 Å². The van der Waals surface area contributed by atoms with E-state index in [0.717, 1.165) is 58.2 Å². The maximum atomic E-state index is 12.2. The Bertz CT molecular complexity index is 333. The minimum absolute atomic E-state index is 0.110. The number of likely N-dealkylation sites (tertiary alicyclic amines) is 1. The number of carbonyl (C=O) groups is 1. The molecule has 1 aliphatic heterocycles. The minimum atomic E-state index is -0.606. The van der Waals surface area contributed by atoms with Crippen molar-refractivity contribution in [2.75, 3.05) is 19.6 Å². The first-order chi connectivity index (χ1) is 8.69. The summed E-state index contributed by atoms with van der Waals surface area (Å²) in [6.45, 7) is 4.98. The Morgan fingerprint density at radius 2 is 2.00 bits per heavy atom. The van der Waals surface area contributed by atoms with Crippen molar-refractivity contribution in [3.8, 4) is 6.07 Å². The van der Waals surface area contributed by atoms with E-state index in [1.54, 1.807) is 0 Å². The van der Waals surface area contributed by atoms with Crippen LogP contribution in [0.15, 0.2) is 0 Å². The van der Waals surface area contributed by atoms with E-state index in [-0.39, 0.29) is 11.8 Å². The number of hydrogen-bond acceptors (Lipinski definition) is 3. The molecule has 1 saturated heterocycles. The molecule has 18 heavy (non-hydrogen) atoms. The highest BCUT2D eigenvalue weighted by Gasteiger charge is 2.37. The van der Waals surface area contributed by atoms with Crippen LogP contribution in [-0.2, 0) is 4.79 Å². The van der Waals surface area contributed by atoms with Gasteiger partial charge in [0.15, 0.2) is 0 Å². The lowest BCUT2D eigenvalue weighted by Gasteiger charge is -2.37. The number of amides is 1. The van der Waals surface area contributed by atoms with Gasteiger partial charge < -0.3 is 10.2 Å². The maximum Gasteiger partial charge on any atom is 0.224 e. The minimum Gasteiger partial charge on any atom is -0.337 e. The Labute approximate surface area is 109 Å². The summed E-state index contributed by atoms with van der Waals surface area (Å²) in [5.41, 5.74) is -0.606. The molecule has 0 aromatic carbocycles. The summed E-state index contributed by atoms with van der Waals surface area (Å²) < 4.78 is 0. The van der Waals surface area contributed by atoms with Gasteiger partial charge in [-0.15, -0.1) is 0 Å². The third kappa shape index (κ3) is 2.84. The first-order valence-electron chi connectivity index (χ1n) is 7.15. The number of nitrogens with zero attached hydrogens (tertiary/aromatic N) is 2. The lowest BCUT2D eigenvalue weighted by molar-refractivity contribution is -0.126. The molecule has 0 unspecified atom stereocenters. The van der Waals surface area contributed by atoms with E-state index in [1.807, 2.05) is 0 Å². The lowest BCUT2D eigenvalue weighted by Crippen LogP contribution is -2.55. The van der Waals surface area contributed by atoms with E-state index in [4.69, 9.17) is 0 Å². The van der Waals surface area contributed by atoms with Crippen LogP contribution in [0.4, 0.5) is 0 Å². The van der Waals surface area contributed by atoms with Gasteiger partial charge in [-0.3, -0.25) is 4.79 Å². The van der Waals surface area contributed by atoms with Crippen LogP contribution in [0.3, 0.4) is 0 Å². The number of piperidine rings is 1. The molecule has 0 spiro atoms. The van der Waals surface area contributed by atoms with Crippen LogP contribution in [0.5, 0.6) is 0 Å². The van der Waals surface area contributed by atoms with Crippen LogP contribution >= 0.6 is 0 Å². The monoisotopic (exact) mass is 249 g/mol. The predicted octanol–water partition coefficient (Wildman–Crippen LogP) is 1.67. The number of nitriles is 1. The van der Waals surface area contributed by atoms with Crippen molar-refractivity contribution >= 4 is 5.91 Å². The molecule has 0 aromatic rings. The fourth-order valence-electron chi connectivity index (χ4n) is 3.04. The van der Waals surface area contributed by atoms with Gasteiger partial charge in [-0.1, -0.05) is 19.8 Å². The smallest absolute Gasteiger partial charge is 0.224 e. The van der Waals surface area contributed by atoms with Gasteiger partial charge in [0.2, 0.25) is 5.91 Å². The van der Waals surface area contributed by atoms with Crippen LogP contribution in [0.25, 0.3) is 0 Å². The summed E-state index contributed by atoms with van der Waals surface area (Å²) in [5, 5.41) is 12.5. The Balaban J connectivity index is 1.92. The maximum absolute atomic E-state index is 12.2. The molecular formula is C14H23N3O. The summed E-state index contributed by atoms with van der Waals surface area (Å²) >= 11 is 0. The molecule has 2 rings (SSSR count). The van der Waals surface area contributed by atoms with E-state index >= 15 is 0 Å². The average molecular weight is 249 g/mol. The molecule has 2 fully saturated rings. The molecular weight excluding hydrogens is 226 g/mol. The molecule has 1 N–H and O–H groups in total. The van der Waals surface area contributed by atoms with Crippen molar-refractivity contribution in [2.45, 2.75) is 51.0 Å². The standard InChI is InChI=1S/C14H23N3O/c1-2-17-9-7-14(11-15,8-10-17)16-13(18)12-5-3-4-6-12/h12H,2-10H2,1H3,(H,16,18). The van der Waals surface area contributed by atoms with Crippen molar-refractivity contribution < 1.29 is 4.79 Å². The lowest BCUT2D eigenvalue weighted by atomic mass is 9.88. The molecule has 1 amide bonds. The Morgan fingerprint density at radius 3 is 2.50 bits per heavy atom. The highest BCUT2D eigenvalue weighted by molar-refractivity contribution is 5.80. The van der Waals surface area contributed by atoms with E-state index in [9.17, 15) is 10.1 Å². The van der Waals surface area contributed by atoms with Gasteiger partial charge in [0, 0.05) is 19.0 Å².